The summed E-state index contributed by atoms with van der Waals surface area (Å²) in [5, 5.41) is 7.43. The molecule has 1 heterocycles. The highest BCUT2D eigenvalue weighted by atomic mass is 16.4. The molecule has 0 radical (unpaired) electrons. The van der Waals surface area contributed by atoms with Gasteiger partial charge in [0.05, 0.1) is 0 Å². The highest BCUT2D eigenvalue weighted by molar-refractivity contribution is 6.02. The molecule has 0 unspecified atom stereocenters. The number of benzene rings is 1. The summed E-state index contributed by atoms with van der Waals surface area (Å²) in [5.74, 6) is 0.137. The van der Waals surface area contributed by atoms with Gasteiger partial charge in [-0.1, -0.05) is 12.1 Å². The van der Waals surface area contributed by atoms with Crippen molar-refractivity contribution in [2.75, 3.05) is 11.4 Å². The second kappa shape index (κ2) is 5.00. The third-order valence-corrected chi connectivity index (χ3v) is 2.58. The Kier molecular flexibility index (Phi) is 3.41. The van der Waals surface area contributed by atoms with Gasteiger partial charge in [-0.25, -0.2) is 0 Å². The SMILES string of the molecule is CCN(C(=O)c1nnc(C)o1)c1cccc(C)c1. The summed E-state index contributed by atoms with van der Waals surface area (Å²) in [6.07, 6.45) is 0. The van der Waals surface area contributed by atoms with Gasteiger partial charge in [0.25, 0.3) is 0 Å². The quantitative estimate of drug-likeness (QED) is 0.832. The molecule has 0 atom stereocenters. The predicted octanol–water partition coefficient (Wildman–Crippen LogP) is 2.35. The van der Waals surface area contributed by atoms with Gasteiger partial charge < -0.3 is 9.32 Å². The van der Waals surface area contributed by atoms with Crippen LogP contribution in [0.25, 0.3) is 0 Å². The number of carbonyl (C=O) groups is 1. The van der Waals surface area contributed by atoms with E-state index in [4.69, 9.17) is 4.42 Å². The number of aromatic nitrogens is 2. The summed E-state index contributed by atoms with van der Waals surface area (Å²) in [6, 6.07) is 7.74. The molecule has 0 saturated heterocycles. The van der Waals surface area contributed by atoms with E-state index in [-0.39, 0.29) is 11.8 Å². The fourth-order valence-electron chi connectivity index (χ4n) is 1.74. The molecule has 2 aromatic rings. The molecule has 1 aromatic carbocycles. The van der Waals surface area contributed by atoms with Gasteiger partial charge in [0, 0.05) is 19.2 Å². The average Bonchev–Trinajstić information content (AvgIpc) is 2.77. The Bertz CT molecular complexity index is 563. The third kappa shape index (κ3) is 2.40. The van der Waals surface area contributed by atoms with Gasteiger partial charge in [-0.15, -0.1) is 10.2 Å². The van der Waals surface area contributed by atoms with Crippen LogP contribution < -0.4 is 4.90 Å². The molecule has 18 heavy (non-hydrogen) atoms. The summed E-state index contributed by atoms with van der Waals surface area (Å²) >= 11 is 0. The fraction of sp³-hybridized carbons (Fsp3) is 0.308. The van der Waals surface area contributed by atoms with E-state index in [0.29, 0.717) is 12.4 Å². The molecule has 94 valence electrons. The van der Waals surface area contributed by atoms with Gasteiger partial charge in [-0.2, -0.15) is 0 Å². The summed E-state index contributed by atoms with van der Waals surface area (Å²) in [7, 11) is 0. The molecular weight excluding hydrogens is 230 g/mol. The lowest BCUT2D eigenvalue weighted by atomic mass is 10.2. The van der Waals surface area contributed by atoms with Crippen LogP contribution >= 0.6 is 0 Å². The van der Waals surface area contributed by atoms with E-state index < -0.39 is 0 Å². The first-order valence-corrected chi connectivity index (χ1v) is 5.80. The number of rotatable bonds is 3. The number of hydrogen-bond acceptors (Lipinski definition) is 4. The van der Waals surface area contributed by atoms with E-state index in [1.165, 1.54) is 0 Å². The molecule has 1 aromatic heterocycles. The van der Waals surface area contributed by atoms with Crippen molar-refractivity contribution >= 4 is 11.6 Å². The van der Waals surface area contributed by atoms with Crippen molar-refractivity contribution in [3.63, 3.8) is 0 Å². The second-order valence-corrected chi connectivity index (χ2v) is 4.01. The first-order chi connectivity index (χ1) is 8.61. The zero-order valence-electron chi connectivity index (χ0n) is 10.7. The number of anilines is 1. The van der Waals surface area contributed by atoms with Gasteiger partial charge >= 0.3 is 11.8 Å². The van der Waals surface area contributed by atoms with E-state index >= 15 is 0 Å². The molecule has 5 nitrogen and oxygen atoms in total. The van der Waals surface area contributed by atoms with Crippen LogP contribution in [-0.4, -0.2) is 22.6 Å². The van der Waals surface area contributed by atoms with Crippen LogP contribution in [0.5, 0.6) is 0 Å². The van der Waals surface area contributed by atoms with E-state index in [0.717, 1.165) is 11.3 Å². The number of hydrogen-bond donors (Lipinski definition) is 0. The van der Waals surface area contributed by atoms with Crippen LogP contribution in [0.15, 0.2) is 28.7 Å². The second-order valence-electron chi connectivity index (χ2n) is 4.01. The monoisotopic (exact) mass is 245 g/mol. The molecule has 2 rings (SSSR count). The average molecular weight is 245 g/mol. The van der Waals surface area contributed by atoms with Crippen molar-refractivity contribution in [2.45, 2.75) is 20.8 Å². The molecule has 0 N–H and O–H groups in total. The van der Waals surface area contributed by atoms with Gasteiger partial charge in [-0.05, 0) is 31.5 Å². The van der Waals surface area contributed by atoms with Gasteiger partial charge in [-0.3, -0.25) is 4.79 Å². The Balaban J connectivity index is 2.31. The molecule has 0 aliphatic rings. The lowest BCUT2D eigenvalue weighted by Gasteiger charge is -2.19. The zero-order chi connectivity index (χ0) is 13.1. The van der Waals surface area contributed by atoms with E-state index in [9.17, 15) is 4.79 Å². The van der Waals surface area contributed by atoms with E-state index in [1.807, 2.05) is 38.1 Å². The largest absolute Gasteiger partial charge is 0.417 e. The van der Waals surface area contributed by atoms with Crippen LogP contribution in [0.2, 0.25) is 0 Å². The Morgan fingerprint density at radius 3 is 2.67 bits per heavy atom. The van der Waals surface area contributed by atoms with Gasteiger partial charge in [0.15, 0.2) is 0 Å². The number of amides is 1. The molecule has 0 fully saturated rings. The summed E-state index contributed by atoms with van der Waals surface area (Å²) in [4.78, 5) is 13.8. The normalized spacial score (nSPS) is 10.4. The Hall–Kier alpha value is -2.17. The van der Waals surface area contributed by atoms with Crippen molar-refractivity contribution in [2.24, 2.45) is 0 Å². The molecule has 5 heteroatoms. The Morgan fingerprint density at radius 1 is 1.33 bits per heavy atom. The van der Waals surface area contributed by atoms with Gasteiger partial charge in [0.2, 0.25) is 5.89 Å². The smallest absolute Gasteiger partial charge is 0.315 e. The van der Waals surface area contributed by atoms with Crippen molar-refractivity contribution in [1.29, 1.82) is 0 Å². The van der Waals surface area contributed by atoms with E-state index in [2.05, 4.69) is 10.2 Å². The molecule has 0 aliphatic heterocycles. The lowest BCUT2D eigenvalue weighted by molar-refractivity contribution is 0.0953. The minimum absolute atomic E-state index is 0.0239. The van der Waals surface area contributed by atoms with Crippen LogP contribution in [-0.2, 0) is 0 Å². The minimum Gasteiger partial charge on any atom is -0.417 e. The number of aryl methyl sites for hydroxylation is 2. The lowest BCUT2D eigenvalue weighted by Crippen LogP contribution is -2.30. The van der Waals surface area contributed by atoms with E-state index in [1.54, 1.807) is 11.8 Å². The molecule has 0 bridgehead atoms. The third-order valence-electron chi connectivity index (χ3n) is 2.58. The predicted molar refractivity (Wildman–Crippen MR) is 67.6 cm³/mol. The summed E-state index contributed by atoms with van der Waals surface area (Å²) in [5.41, 5.74) is 1.93. The first kappa shape index (κ1) is 12.3. The Morgan fingerprint density at radius 2 is 2.11 bits per heavy atom. The number of nitrogens with zero attached hydrogens (tertiary/aromatic N) is 3. The standard InChI is InChI=1S/C13H15N3O2/c1-4-16(11-7-5-6-9(2)8-11)13(17)12-15-14-10(3)18-12/h5-8H,4H2,1-3H3. The van der Waals surface area contributed by atoms with Crippen molar-refractivity contribution in [3.8, 4) is 0 Å². The highest BCUT2D eigenvalue weighted by Gasteiger charge is 2.21. The summed E-state index contributed by atoms with van der Waals surface area (Å²) < 4.78 is 5.17. The minimum atomic E-state index is -0.274. The molecule has 1 amide bonds. The number of carbonyl (C=O) groups excluding carboxylic acids is 1. The maximum absolute atomic E-state index is 12.2. The highest BCUT2D eigenvalue weighted by Crippen LogP contribution is 2.18. The van der Waals surface area contributed by atoms with Crippen molar-refractivity contribution in [1.82, 2.24) is 10.2 Å². The van der Waals surface area contributed by atoms with Crippen molar-refractivity contribution in [3.05, 3.63) is 41.6 Å². The molecule has 0 saturated carbocycles. The fourth-order valence-corrected chi connectivity index (χ4v) is 1.74. The van der Waals surface area contributed by atoms with Crippen LogP contribution in [0, 0.1) is 13.8 Å². The first-order valence-electron chi connectivity index (χ1n) is 5.80. The molecule has 0 spiro atoms. The zero-order valence-corrected chi connectivity index (χ0v) is 10.7. The summed E-state index contributed by atoms with van der Waals surface area (Å²) in [6.45, 7) is 6.10. The molecular formula is C13H15N3O2. The van der Waals surface area contributed by atoms with Gasteiger partial charge in [0.1, 0.15) is 0 Å². The maximum atomic E-state index is 12.2. The maximum Gasteiger partial charge on any atom is 0.315 e. The van der Waals surface area contributed by atoms with Crippen LogP contribution in [0.1, 0.15) is 29.1 Å². The van der Waals surface area contributed by atoms with Crippen LogP contribution in [0.4, 0.5) is 5.69 Å². The topological polar surface area (TPSA) is 59.2 Å². The van der Waals surface area contributed by atoms with Crippen LogP contribution in [0.3, 0.4) is 0 Å². The van der Waals surface area contributed by atoms with Crippen molar-refractivity contribution < 1.29 is 9.21 Å². The Labute approximate surface area is 105 Å². The molecule has 0 aliphatic carbocycles.